The number of hydrogen-bond donors (Lipinski definition) is 2. The average Bonchev–Trinajstić information content (AvgIpc) is 3.39. The minimum atomic E-state index is -3.96. The van der Waals surface area contributed by atoms with Gasteiger partial charge in [0, 0.05) is 30.2 Å². The maximum absolute atomic E-state index is 13.0. The van der Waals surface area contributed by atoms with E-state index in [1.807, 2.05) is 0 Å². The van der Waals surface area contributed by atoms with Crippen molar-refractivity contribution in [3.8, 4) is 5.75 Å². The van der Waals surface area contributed by atoms with E-state index in [2.05, 4.69) is 20.0 Å². The number of amides is 1. The molecule has 2 aromatic carbocycles. The molecule has 196 valence electrons. The number of sulfonamides is 2. The molecule has 1 aromatic heterocycles. The van der Waals surface area contributed by atoms with Gasteiger partial charge in [-0.1, -0.05) is 0 Å². The summed E-state index contributed by atoms with van der Waals surface area (Å²) in [4.78, 5) is 21.2. The third kappa shape index (κ3) is 5.89. The molecule has 1 aliphatic rings. The zero-order valence-electron chi connectivity index (χ0n) is 20.6. The van der Waals surface area contributed by atoms with E-state index in [0.717, 1.165) is 12.8 Å². The summed E-state index contributed by atoms with van der Waals surface area (Å²) in [7, 11) is -6.31. The van der Waals surface area contributed by atoms with Crippen LogP contribution in [0.2, 0.25) is 0 Å². The monoisotopic (exact) mass is 545 g/mol. The van der Waals surface area contributed by atoms with Crippen LogP contribution in [0.3, 0.4) is 0 Å². The normalized spacial score (nSPS) is 14.4. The Balaban J connectivity index is 1.53. The third-order valence-electron chi connectivity index (χ3n) is 5.75. The van der Waals surface area contributed by atoms with Gasteiger partial charge in [0.15, 0.2) is 0 Å². The number of anilines is 2. The van der Waals surface area contributed by atoms with E-state index in [-0.39, 0.29) is 27.1 Å². The van der Waals surface area contributed by atoms with E-state index < -0.39 is 26.0 Å². The second-order valence-corrected chi connectivity index (χ2v) is 12.2. The fraction of sp³-hybridized carbons (Fsp3) is 0.292. The van der Waals surface area contributed by atoms with E-state index in [0.29, 0.717) is 30.2 Å². The van der Waals surface area contributed by atoms with Gasteiger partial charge in [-0.05, 0) is 75.2 Å². The Morgan fingerprint density at radius 1 is 0.892 bits per heavy atom. The number of nitrogens with one attached hydrogen (secondary N) is 2. The Kier molecular flexibility index (Phi) is 7.48. The number of aryl methyl sites for hydroxylation is 2. The molecule has 1 fully saturated rings. The van der Waals surface area contributed by atoms with Gasteiger partial charge in [-0.2, -0.15) is 4.31 Å². The van der Waals surface area contributed by atoms with Gasteiger partial charge < -0.3 is 10.1 Å². The predicted molar refractivity (Wildman–Crippen MR) is 138 cm³/mol. The van der Waals surface area contributed by atoms with Crippen LogP contribution < -0.4 is 14.8 Å². The highest BCUT2D eigenvalue weighted by Crippen LogP contribution is 2.27. The fourth-order valence-electron chi connectivity index (χ4n) is 3.97. The van der Waals surface area contributed by atoms with Crippen molar-refractivity contribution in [2.75, 3.05) is 30.2 Å². The van der Waals surface area contributed by atoms with E-state index in [1.165, 1.54) is 53.9 Å². The van der Waals surface area contributed by atoms with Crippen molar-refractivity contribution >= 4 is 37.6 Å². The van der Waals surface area contributed by atoms with Crippen LogP contribution in [-0.2, 0) is 20.0 Å². The molecule has 13 heteroatoms. The van der Waals surface area contributed by atoms with Gasteiger partial charge in [0.25, 0.3) is 15.9 Å². The van der Waals surface area contributed by atoms with Crippen LogP contribution in [0.25, 0.3) is 0 Å². The van der Waals surface area contributed by atoms with E-state index in [1.54, 1.807) is 19.9 Å². The summed E-state index contributed by atoms with van der Waals surface area (Å²) < 4.78 is 60.4. The minimum Gasteiger partial charge on any atom is -0.496 e. The minimum absolute atomic E-state index is 0.00136. The molecular formula is C24H27N5O6S2. The van der Waals surface area contributed by atoms with Gasteiger partial charge in [0.2, 0.25) is 16.0 Å². The molecule has 0 bridgehead atoms. The summed E-state index contributed by atoms with van der Waals surface area (Å²) >= 11 is 0. The van der Waals surface area contributed by atoms with Gasteiger partial charge in [-0.25, -0.2) is 31.5 Å². The second-order valence-electron chi connectivity index (χ2n) is 8.53. The van der Waals surface area contributed by atoms with Crippen LogP contribution in [0.1, 0.15) is 34.6 Å². The largest absolute Gasteiger partial charge is 0.496 e. The maximum atomic E-state index is 13.0. The molecule has 3 aromatic rings. The molecule has 4 rings (SSSR count). The highest BCUT2D eigenvalue weighted by atomic mass is 32.2. The van der Waals surface area contributed by atoms with Crippen LogP contribution in [-0.4, -0.2) is 57.2 Å². The van der Waals surface area contributed by atoms with Gasteiger partial charge in [-0.3, -0.25) is 4.79 Å². The van der Waals surface area contributed by atoms with E-state index in [4.69, 9.17) is 4.74 Å². The number of methoxy groups -OCH3 is 1. The van der Waals surface area contributed by atoms with Crippen LogP contribution in [0, 0.1) is 13.8 Å². The summed E-state index contributed by atoms with van der Waals surface area (Å²) in [6.07, 6.45) is 1.59. The lowest BCUT2D eigenvalue weighted by molar-refractivity contribution is 0.102. The van der Waals surface area contributed by atoms with Gasteiger partial charge in [-0.15, -0.1) is 0 Å². The third-order valence-corrected chi connectivity index (χ3v) is 8.99. The molecule has 0 saturated carbocycles. The summed E-state index contributed by atoms with van der Waals surface area (Å²) in [5.74, 6) is -0.437. The topological polar surface area (TPSA) is 148 Å². The van der Waals surface area contributed by atoms with Crippen LogP contribution >= 0.6 is 0 Å². The quantitative estimate of drug-likeness (QED) is 0.439. The molecule has 0 spiro atoms. The highest BCUT2D eigenvalue weighted by Gasteiger charge is 2.28. The smallest absolute Gasteiger partial charge is 0.264 e. The summed E-state index contributed by atoms with van der Waals surface area (Å²) in [6.45, 7) is 4.35. The van der Waals surface area contributed by atoms with Crippen molar-refractivity contribution in [3.05, 3.63) is 65.5 Å². The van der Waals surface area contributed by atoms with Gasteiger partial charge in [0.05, 0.1) is 22.5 Å². The molecule has 11 nitrogen and oxygen atoms in total. The fourth-order valence-corrected chi connectivity index (χ4v) is 6.46. The number of nitrogens with zero attached hydrogens (tertiary/aromatic N) is 3. The number of rotatable bonds is 8. The maximum Gasteiger partial charge on any atom is 0.264 e. The number of carbonyl (C=O) groups is 1. The Labute approximate surface area is 216 Å². The summed E-state index contributed by atoms with van der Waals surface area (Å²) in [5.41, 5.74) is 1.58. The highest BCUT2D eigenvalue weighted by molar-refractivity contribution is 7.92. The molecule has 0 unspecified atom stereocenters. The lowest BCUT2D eigenvalue weighted by atomic mass is 10.2. The van der Waals surface area contributed by atoms with Crippen LogP contribution in [0.4, 0.5) is 11.6 Å². The first kappa shape index (κ1) is 26.5. The molecule has 2 N–H and O–H groups in total. The lowest BCUT2D eigenvalue weighted by Gasteiger charge is -2.17. The van der Waals surface area contributed by atoms with Gasteiger partial charge >= 0.3 is 0 Å². The number of benzene rings is 2. The molecule has 1 aliphatic heterocycles. The second kappa shape index (κ2) is 10.4. The first-order chi connectivity index (χ1) is 17.5. The van der Waals surface area contributed by atoms with Crippen molar-refractivity contribution in [1.82, 2.24) is 14.3 Å². The molecule has 1 amide bonds. The van der Waals surface area contributed by atoms with E-state index >= 15 is 0 Å². The summed E-state index contributed by atoms with van der Waals surface area (Å²) in [6, 6.07) is 11.4. The van der Waals surface area contributed by atoms with Crippen molar-refractivity contribution in [2.24, 2.45) is 0 Å². The zero-order chi connectivity index (χ0) is 26.8. The van der Waals surface area contributed by atoms with Gasteiger partial charge in [0.1, 0.15) is 5.75 Å². The SMILES string of the molecule is COc1ccc(S(=O)(=O)N2CCCC2)cc1C(=O)Nc1ccc(S(=O)(=O)Nc2nc(C)cc(C)n2)cc1. The molecule has 0 aliphatic carbocycles. The molecule has 2 heterocycles. The predicted octanol–water partition coefficient (Wildman–Crippen LogP) is 2.94. The Hall–Kier alpha value is -3.55. The van der Waals surface area contributed by atoms with Crippen molar-refractivity contribution < 1.29 is 26.4 Å². The number of hydrogen-bond acceptors (Lipinski definition) is 8. The Morgan fingerprint density at radius 2 is 1.49 bits per heavy atom. The van der Waals surface area contributed by atoms with E-state index in [9.17, 15) is 21.6 Å². The average molecular weight is 546 g/mol. The molecule has 1 saturated heterocycles. The molecule has 0 atom stereocenters. The molecule has 0 radical (unpaired) electrons. The molecular weight excluding hydrogens is 518 g/mol. The Bertz CT molecular complexity index is 1510. The van der Waals surface area contributed by atoms with Crippen molar-refractivity contribution in [1.29, 1.82) is 0 Å². The number of aromatic nitrogens is 2. The zero-order valence-corrected chi connectivity index (χ0v) is 22.2. The standard InChI is InChI=1S/C24H27N5O6S2/c1-16-14-17(2)26-24(25-16)28-36(31,32)19-8-6-18(7-9-19)27-23(30)21-15-20(10-11-22(21)35-3)37(33,34)29-12-4-5-13-29/h6-11,14-15H,4-5,12-13H2,1-3H3,(H,27,30)(H,25,26,28). The van der Waals surface area contributed by atoms with Crippen molar-refractivity contribution in [2.45, 2.75) is 36.5 Å². The number of carbonyl (C=O) groups excluding carboxylic acids is 1. The first-order valence-electron chi connectivity index (χ1n) is 11.4. The Morgan fingerprint density at radius 3 is 2.08 bits per heavy atom. The lowest BCUT2D eigenvalue weighted by Crippen LogP contribution is -2.28. The van der Waals surface area contributed by atoms with Crippen molar-refractivity contribution in [3.63, 3.8) is 0 Å². The molecule has 37 heavy (non-hydrogen) atoms. The first-order valence-corrected chi connectivity index (χ1v) is 14.4. The van der Waals surface area contributed by atoms with Crippen LogP contribution in [0.15, 0.2) is 58.3 Å². The number of ether oxygens (including phenoxy) is 1. The summed E-state index contributed by atoms with van der Waals surface area (Å²) in [5, 5.41) is 2.66. The van der Waals surface area contributed by atoms with Crippen LogP contribution in [0.5, 0.6) is 5.75 Å².